The largest absolute Gasteiger partial charge is 0.346 e. The van der Waals surface area contributed by atoms with Crippen molar-refractivity contribution in [1.29, 1.82) is 0 Å². The van der Waals surface area contributed by atoms with E-state index in [4.69, 9.17) is 0 Å². The van der Waals surface area contributed by atoms with Gasteiger partial charge in [0.05, 0.1) is 4.70 Å². The molecule has 5 rings (SSSR count). The van der Waals surface area contributed by atoms with Crippen LogP contribution in [-0.4, -0.2) is 41.0 Å². The second-order valence-electron chi connectivity index (χ2n) is 6.26. The lowest BCUT2D eigenvalue weighted by Crippen LogP contribution is -2.62. The van der Waals surface area contributed by atoms with Crippen LogP contribution in [0.4, 0.5) is 0 Å². The molecule has 3 fully saturated rings. The molecule has 1 N–H and O–H groups in total. The number of hydrogen-bond donors (Lipinski definition) is 1. The van der Waals surface area contributed by atoms with E-state index in [1.807, 2.05) is 11.4 Å². The Labute approximate surface area is 142 Å². The zero-order chi connectivity index (χ0) is 15.3. The number of carbonyl (C=O) groups is 1. The molecule has 2 aromatic rings. The molecule has 0 saturated carbocycles. The summed E-state index contributed by atoms with van der Waals surface area (Å²) in [7, 11) is 0. The highest BCUT2D eigenvalue weighted by atomic mass is 79.9. The van der Waals surface area contributed by atoms with Crippen LogP contribution >= 0.6 is 27.3 Å². The average Bonchev–Trinajstić information content (AvgIpc) is 2.92. The normalized spacial score (nSPS) is 30.6. The van der Waals surface area contributed by atoms with E-state index in [9.17, 15) is 4.79 Å². The molecular formula is C16H18BrN3OS. The molecule has 0 aliphatic carbocycles. The van der Waals surface area contributed by atoms with E-state index in [2.05, 4.69) is 38.1 Å². The summed E-state index contributed by atoms with van der Waals surface area (Å²) in [6, 6.07) is 2.56. The Balaban J connectivity index is 1.57. The maximum Gasteiger partial charge on any atom is 0.270 e. The Hall–Kier alpha value is -0.980. The van der Waals surface area contributed by atoms with Gasteiger partial charge in [0.2, 0.25) is 0 Å². The van der Waals surface area contributed by atoms with Gasteiger partial charge in [-0.25, -0.2) is 4.98 Å². The zero-order valence-corrected chi connectivity index (χ0v) is 14.8. The van der Waals surface area contributed by atoms with E-state index >= 15 is 0 Å². The number of fused-ring (bicyclic) bond motifs is 4. The highest BCUT2D eigenvalue weighted by molar-refractivity contribution is 9.10. The first-order valence-corrected chi connectivity index (χ1v) is 9.38. The van der Waals surface area contributed by atoms with Crippen molar-refractivity contribution in [2.75, 3.05) is 13.1 Å². The van der Waals surface area contributed by atoms with Crippen LogP contribution in [0.15, 0.2) is 22.1 Å². The molecule has 2 bridgehead atoms. The second kappa shape index (κ2) is 5.58. The van der Waals surface area contributed by atoms with E-state index in [0.717, 1.165) is 14.6 Å². The first kappa shape index (κ1) is 14.6. The molecule has 2 aromatic heterocycles. The minimum atomic E-state index is -0.0504. The van der Waals surface area contributed by atoms with Gasteiger partial charge in [0.1, 0.15) is 5.69 Å². The molecule has 116 valence electrons. The van der Waals surface area contributed by atoms with Gasteiger partial charge in [-0.05, 0) is 60.8 Å². The molecule has 5 heterocycles. The molecule has 3 aliphatic heterocycles. The smallest absolute Gasteiger partial charge is 0.270 e. The molecule has 3 saturated heterocycles. The van der Waals surface area contributed by atoms with Gasteiger partial charge >= 0.3 is 0 Å². The van der Waals surface area contributed by atoms with Crippen molar-refractivity contribution in [3.63, 3.8) is 0 Å². The third-order valence-corrected chi connectivity index (χ3v) is 7.01. The number of piperidine rings is 3. The lowest BCUT2D eigenvalue weighted by molar-refractivity contribution is 0.0216. The number of nitrogens with zero attached hydrogens (tertiary/aromatic N) is 2. The van der Waals surface area contributed by atoms with Crippen molar-refractivity contribution in [3.8, 4) is 0 Å². The highest BCUT2D eigenvalue weighted by Gasteiger charge is 2.40. The fourth-order valence-electron chi connectivity index (χ4n) is 3.80. The Morgan fingerprint density at radius 1 is 1.45 bits per heavy atom. The van der Waals surface area contributed by atoms with Gasteiger partial charge in [-0.15, -0.1) is 11.3 Å². The van der Waals surface area contributed by atoms with Gasteiger partial charge in [-0.3, -0.25) is 9.69 Å². The summed E-state index contributed by atoms with van der Waals surface area (Å²) in [5.74, 6) is 0.561. The van der Waals surface area contributed by atoms with Crippen LogP contribution in [0.3, 0.4) is 0 Å². The molecule has 0 spiro atoms. The molecular weight excluding hydrogens is 362 g/mol. The minimum Gasteiger partial charge on any atom is -0.346 e. The van der Waals surface area contributed by atoms with Gasteiger partial charge in [-0.1, -0.05) is 0 Å². The number of aromatic nitrogens is 1. The minimum absolute atomic E-state index is 0.0504. The van der Waals surface area contributed by atoms with Gasteiger partial charge in [0.15, 0.2) is 0 Å². The van der Waals surface area contributed by atoms with Crippen molar-refractivity contribution in [1.82, 2.24) is 15.2 Å². The molecule has 22 heavy (non-hydrogen) atoms. The summed E-state index contributed by atoms with van der Waals surface area (Å²) in [5.41, 5.74) is 0.509. The number of carbonyl (C=O) groups excluding carboxylic acids is 1. The van der Waals surface area contributed by atoms with E-state index in [0.29, 0.717) is 17.7 Å². The lowest BCUT2D eigenvalue weighted by atomic mass is 9.79. The number of hydrogen-bond acceptors (Lipinski definition) is 4. The number of thiophene rings is 1. The Morgan fingerprint density at radius 2 is 2.23 bits per heavy atom. The van der Waals surface area contributed by atoms with Crippen molar-refractivity contribution >= 4 is 43.3 Å². The van der Waals surface area contributed by atoms with E-state index < -0.39 is 0 Å². The standard InChI is InChI=1S/C16H18BrN3OS/c1-9-15(10-2-4-20(9)5-3-10)19-16(21)13-6-11-12(17)8-22-14(11)7-18-13/h6-10,15H,2-5H2,1H3,(H,19,21)/t9-,15-/m0/s1. The third-order valence-electron chi connectivity index (χ3n) is 5.12. The van der Waals surface area contributed by atoms with Crippen LogP contribution in [0.2, 0.25) is 0 Å². The maximum atomic E-state index is 12.6. The van der Waals surface area contributed by atoms with Crippen molar-refractivity contribution in [2.24, 2.45) is 5.92 Å². The van der Waals surface area contributed by atoms with Gasteiger partial charge in [-0.2, -0.15) is 0 Å². The van der Waals surface area contributed by atoms with Gasteiger partial charge < -0.3 is 5.32 Å². The van der Waals surface area contributed by atoms with Crippen LogP contribution in [0, 0.1) is 5.92 Å². The monoisotopic (exact) mass is 379 g/mol. The number of rotatable bonds is 2. The summed E-state index contributed by atoms with van der Waals surface area (Å²) in [4.78, 5) is 19.4. The molecule has 1 amide bonds. The van der Waals surface area contributed by atoms with Gasteiger partial charge in [0, 0.05) is 33.5 Å². The average molecular weight is 380 g/mol. The Kier molecular flexibility index (Phi) is 3.71. The molecule has 0 radical (unpaired) electrons. The molecule has 3 aliphatic rings. The van der Waals surface area contributed by atoms with E-state index in [1.54, 1.807) is 17.5 Å². The highest BCUT2D eigenvalue weighted by Crippen LogP contribution is 2.33. The van der Waals surface area contributed by atoms with Crippen LogP contribution in [-0.2, 0) is 0 Å². The fourth-order valence-corrected chi connectivity index (χ4v) is 5.30. The summed E-state index contributed by atoms with van der Waals surface area (Å²) >= 11 is 5.16. The Morgan fingerprint density at radius 3 is 2.95 bits per heavy atom. The molecule has 4 nitrogen and oxygen atoms in total. The second-order valence-corrected chi connectivity index (χ2v) is 8.03. The van der Waals surface area contributed by atoms with Crippen LogP contribution < -0.4 is 5.32 Å². The Bertz CT molecular complexity index is 721. The summed E-state index contributed by atoms with van der Waals surface area (Å²) in [6.07, 6.45) is 4.18. The molecule has 6 heteroatoms. The maximum absolute atomic E-state index is 12.6. The van der Waals surface area contributed by atoms with Crippen LogP contribution in [0.25, 0.3) is 10.1 Å². The van der Waals surface area contributed by atoms with E-state index in [1.165, 1.54) is 25.9 Å². The van der Waals surface area contributed by atoms with Gasteiger partial charge in [0.25, 0.3) is 5.91 Å². The number of pyridine rings is 1. The number of amides is 1. The third kappa shape index (κ3) is 2.37. The first-order valence-electron chi connectivity index (χ1n) is 7.71. The summed E-state index contributed by atoms with van der Waals surface area (Å²) < 4.78 is 2.12. The number of nitrogens with one attached hydrogen (secondary N) is 1. The SMILES string of the molecule is C[C@H]1[C@H](NC(=O)c2cc3c(Br)csc3cn2)C2CCN1CC2. The van der Waals surface area contributed by atoms with Crippen molar-refractivity contribution < 1.29 is 4.79 Å². The first-order chi connectivity index (χ1) is 10.6. The zero-order valence-electron chi connectivity index (χ0n) is 12.4. The lowest BCUT2D eigenvalue weighted by Gasteiger charge is -2.49. The van der Waals surface area contributed by atoms with E-state index in [-0.39, 0.29) is 11.9 Å². The quantitative estimate of drug-likeness (QED) is 0.870. The molecule has 0 aromatic carbocycles. The van der Waals surface area contributed by atoms with Crippen LogP contribution in [0.1, 0.15) is 30.3 Å². The summed E-state index contributed by atoms with van der Waals surface area (Å²) in [5, 5.41) is 6.33. The molecule has 2 atom stereocenters. The van der Waals surface area contributed by atoms with Crippen molar-refractivity contribution in [2.45, 2.75) is 31.8 Å². The molecule has 0 unspecified atom stereocenters. The topological polar surface area (TPSA) is 45.2 Å². The fraction of sp³-hybridized carbons (Fsp3) is 0.500. The number of halogens is 1. The predicted octanol–water partition coefficient (Wildman–Crippen LogP) is 3.27. The van der Waals surface area contributed by atoms with Crippen molar-refractivity contribution in [3.05, 3.63) is 27.8 Å². The summed E-state index contributed by atoms with van der Waals surface area (Å²) in [6.45, 7) is 4.57. The van der Waals surface area contributed by atoms with Crippen LogP contribution in [0.5, 0.6) is 0 Å². The predicted molar refractivity (Wildman–Crippen MR) is 92.3 cm³/mol.